The molecular weight excluding hydrogens is 282 g/mol. The fourth-order valence-electron chi connectivity index (χ4n) is 2.30. The highest BCUT2D eigenvalue weighted by molar-refractivity contribution is 7.07. The molecule has 1 amide bonds. The molecule has 0 saturated carbocycles. The number of nitrogens with zero attached hydrogens (tertiary/aromatic N) is 2. The number of carbonyl (C=O) groups excluding carboxylic acids is 1. The number of hydrogen-bond donors (Lipinski definition) is 1. The van der Waals surface area contributed by atoms with Gasteiger partial charge in [-0.25, -0.2) is 4.98 Å². The van der Waals surface area contributed by atoms with E-state index in [0.717, 1.165) is 23.2 Å². The first-order valence-corrected chi connectivity index (χ1v) is 7.90. The van der Waals surface area contributed by atoms with E-state index in [1.165, 1.54) is 0 Å². The van der Waals surface area contributed by atoms with Crippen LogP contribution in [0.25, 0.3) is 0 Å². The van der Waals surface area contributed by atoms with Crippen molar-refractivity contribution in [1.29, 1.82) is 0 Å². The van der Waals surface area contributed by atoms with Crippen LogP contribution in [0.1, 0.15) is 22.9 Å². The number of benzene rings is 1. The molecule has 1 aromatic heterocycles. The van der Waals surface area contributed by atoms with E-state index >= 15 is 0 Å². The molecule has 1 N–H and O–H groups in total. The van der Waals surface area contributed by atoms with Gasteiger partial charge in [0.2, 0.25) is 5.91 Å². The van der Waals surface area contributed by atoms with Crippen molar-refractivity contribution in [1.82, 2.24) is 15.2 Å². The lowest BCUT2D eigenvalue weighted by molar-refractivity contribution is -0.125. The molecule has 0 fully saturated rings. The van der Waals surface area contributed by atoms with Gasteiger partial charge in [-0.05, 0) is 26.6 Å². The fraction of sp³-hybridized carbons (Fsp3) is 0.375. The van der Waals surface area contributed by atoms with Crippen molar-refractivity contribution in [2.75, 3.05) is 20.6 Å². The van der Waals surface area contributed by atoms with Crippen LogP contribution >= 0.6 is 11.3 Å². The third-order valence-electron chi connectivity index (χ3n) is 3.29. The fourth-order valence-corrected chi connectivity index (χ4v) is 2.89. The van der Waals surface area contributed by atoms with Crippen molar-refractivity contribution in [3.63, 3.8) is 0 Å². The lowest BCUT2D eigenvalue weighted by Gasteiger charge is -2.24. The van der Waals surface area contributed by atoms with E-state index in [9.17, 15) is 4.79 Å². The predicted molar refractivity (Wildman–Crippen MR) is 86.4 cm³/mol. The van der Waals surface area contributed by atoms with E-state index in [4.69, 9.17) is 0 Å². The Morgan fingerprint density at radius 3 is 2.86 bits per heavy atom. The Balaban J connectivity index is 1.99. The highest BCUT2D eigenvalue weighted by atomic mass is 32.1. The van der Waals surface area contributed by atoms with Crippen molar-refractivity contribution >= 4 is 17.2 Å². The average Bonchev–Trinajstić information content (AvgIpc) is 2.91. The third-order valence-corrected chi connectivity index (χ3v) is 3.92. The van der Waals surface area contributed by atoms with Gasteiger partial charge in [0.25, 0.3) is 0 Å². The number of hydrogen-bond acceptors (Lipinski definition) is 4. The van der Waals surface area contributed by atoms with Crippen LogP contribution in [0.15, 0.2) is 35.2 Å². The van der Waals surface area contributed by atoms with Gasteiger partial charge in [-0.1, -0.05) is 29.8 Å². The van der Waals surface area contributed by atoms with E-state index < -0.39 is 0 Å². The first-order chi connectivity index (χ1) is 10.1. The number of aryl methyl sites for hydroxylation is 1. The third kappa shape index (κ3) is 4.37. The van der Waals surface area contributed by atoms with E-state index in [1.54, 1.807) is 11.3 Å². The molecule has 0 bridgehead atoms. The van der Waals surface area contributed by atoms with Crippen LogP contribution in [0.5, 0.6) is 0 Å². The molecule has 0 aliphatic rings. The number of nitrogens with one attached hydrogen (secondary N) is 1. The smallest absolute Gasteiger partial charge is 0.241 e. The molecule has 0 radical (unpaired) electrons. The van der Waals surface area contributed by atoms with Gasteiger partial charge in [-0.3, -0.25) is 9.69 Å². The number of likely N-dealkylation sites (N-methyl/N-ethyl adjacent to an activating group) is 1. The Morgan fingerprint density at radius 1 is 1.43 bits per heavy atom. The highest BCUT2D eigenvalue weighted by Crippen LogP contribution is 2.19. The molecule has 1 heterocycles. The molecule has 4 nitrogen and oxygen atoms in total. The Bertz CT molecular complexity index is 581. The molecule has 1 atom stereocenters. The average molecular weight is 303 g/mol. The second-order valence-corrected chi connectivity index (χ2v) is 6.02. The highest BCUT2D eigenvalue weighted by Gasteiger charge is 2.22. The zero-order valence-corrected chi connectivity index (χ0v) is 13.5. The Labute approximate surface area is 129 Å². The number of amides is 1. The lowest BCUT2D eigenvalue weighted by Crippen LogP contribution is -2.38. The predicted octanol–water partition coefficient (Wildman–Crippen LogP) is 2.41. The van der Waals surface area contributed by atoms with Gasteiger partial charge in [-0.2, -0.15) is 0 Å². The minimum absolute atomic E-state index is 0.0285. The summed E-state index contributed by atoms with van der Waals surface area (Å²) in [5, 5.41) is 5.01. The number of thiazole rings is 1. The van der Waals surface area contributed by atoms with Crippen LogP contribution in [0.4, 0.5) is 0 Å². The minimum Gasteiger partial charge on any atom is -0.354 e. The summed E-state index contributed by atoms with van der Waals surface area (Å²) in [6.07, 6.45) is 0.767. The van der Waals surface area contributed by atoms with Crippen molar-refractivity contribution in [3.8, 4) is 0 Å². The molecule has 112 valence electrons. The molecule has 5 heteroatoms. The Kier molecular flexibility index (Phi) is 5.47. The summed E-state index contributed by atoms with van der Waals surface area (Å²) in [7, 11) is 3.85. The van der Waals surface area contributed by atoms with Crippen molar-refractivity contribution < 1.29 is 4.79 Å². The second-order valence-electron chi connectivity index (χ2n) is 5.30. The van der Waals surface area contributed by atoms with Gasteiger partial charge < -0.3 is 5.32 Å². The molecule has 0 saturated heterocycles. The standard InChI is InChI=1S/C16H21N3OS/c1-12-5-4-6-13(9-12)15(19(2)3)16(20)17-8-7-14-10-21-11-18-14/h4-6,9-11,15H,7-8H2,1-3H3,(H,17,20). The molecule has 2 aromatic rings. The quantitative estimate of drug-likeness (QED) is 0.891. The minimum atomic E-state index is -0.264. The van der Waals surface area contributed by atoms with Gasteiger partial charge in [0.1, 0.15) is 6.04 Å². The largest absolute Gasteiger partial charge is 0.354 e. The summed E-state index contributed by atoms with van der Waals surface area (Å²) in [6.45, 7) is 2.65. The maximum atomic E-state index is 12.5. The summed E-state index contributed by atoms with van der Waals surface area (Å²) in [4.78, 5) is 18.6. The summed E-state index contributed by atoms with van der Waals surface area (Å²) in [5.41, 5.74) is 5.02. The number of carbonyl (C=O) groups is 1. The number of aromatic nitrogens is 1. The van der Waals surface area contributed by atoms with E-state index in [1.807, 2.05) is 55.0 Å². The van der Waals surface area contributed by atoms with Crippen LogP contribution in [0, 0.1) is 6.92 Å². The van der Waals surface area contributed by atoms with Gasteiger partial charge in [0.15, 0.2) is 0 Å². The lowest BCUT2D eigenvalue weighted by atomic mass is 10.0. The van der Waals surface area contributed by atoms with Crippen molar-refractivity contribution in [2.45, 2.75) is 19.4 Å². The number of rotatable bonds is 6. The monoisotopic (exact) mass is 303 g/mol. The zero-order valence-electron chi connectivity index (χ0n) is 12.7. The molecule has 1 unspecified atom stereocenters. The van der Waals surface area contributed by atoms with Crippen molar-refractivity contribution in [2.24, 2.45) is 0 Å². The Hall–Kier alpha value is -1.72. The molecule has 0 spiro atoms. The molecule has 0 aliphatic heterocycles. The molecule has 21 heavy (non-hydrogen) atoms. The Morgan fingerprint density at radius 2 is 2.24 bits per heavy atom. The maximum absolute atomic E-state index is 12.5. The van der Waals surface area contributed by atoms with E-state index in [2.05, 4.69) is 16.4 Å². The summed E-state index contributed by atoms with van der Waals surface area (Å²) in [6, 6.07) is 7.82. The first kappa shape index (κ1) is 15.7. The molecule has 1 aromatic carbocycles. The molecule has 2 rings (SSSR count). The van der Waals surface area contributed by atoms with Crippen LogP contribution in [0.3, 0.4) is 0 Å². The summed E-state index contributed by atoms with van der Waals surface area (Å²) < 4.78 is 0. The first-order valence-electron chi connectivity index (χ1n) is 6.95. The van der Waals surface area contributed by atoms with Crippen LogP contribution in [-0.4, -0.2) is 36.4 Å². The van der Waals surface area contributed by atoms with Gasteiger partial charge in [0, 0.05) is 18.3 Å². The van der Waals surface area contributed by atoms with E-state index in [0.29, 0.717) is 6.54 Å². The normalized spacial score (nSPS) is 12.4. The van der Waals surface area contributed by atoms with Crippen LogP contribution in [-0.2, 0) is 11.2 Å². The topological polar surface area (TPSA) is 45.2 Å². The van der Waals surface area contributed by atoms with Crippen LogP contribution < -0.4 is 5.32 Å². The SMILES string of the molecule is Cc1cccc(C(C(=O)NCCc2cscn2)N(C)C)c1. The van der Waals surface area contributed by atoms with Crippen molar-refractivity contribution in [3.05, 3.63) is 52.0 Å². The molecular formula is C16H21N3OS. The summed E-state index contributed by atoms with van der Waals surface area (Å²) >= 11 is 1.58. The van der Waals surface area contributed by atoms with Gasteiger partial charge >= 0.3 is 0 Å². The summed E-state index contributed by atoms with van der Waals surface area (Å²) in [5.74, 6) is 0.0285. The molecule has 0 aliphatic carbocycles. The van der Waals surface area contributed by atoms with Gasteiger partial charge in [-0.15, -0.1) is 11.3 Å². The maximum Gasteiger partial charge on any atom is 0.241 e. The zero-order chi connectivity index (χ0) is 15.2. The van der Waals surface area contributed by atoms with Crippen LogP contribution in [0.2, 0.25) is 0 Å². The van der Waals surface area contributed by atoms with E-state index in [-0.39, 0.29) is 11.9 Å². The second kappa shape index (κ2) is 7.33. The van der Waals surface area contributed by atoms with Gasteiger partial charge in [0.05, 0.1) is 11.2 Å².